The van der Waals surface area contributed by atoms with E-state index >= 15 is 0 Å². The van der Waals surface area contributed by atoms with Crippen LogP contribution in [0.25, 0.3) is 0 Å². The van der Waals surface area contributed by atoms with E-state index in [2.05, 4.69) is 15.0 Å². The van der Waals surface area contributed by atoms with Gasteiger partial charge in [0.05, 0.1) is 11.9 Å². The van der Waals surface area contributed by atoms with E-state index in [9.17, 15) is 9.18 Å². The molecule has 0 amide bonds. The SMILES string of the molecule is CC1=CSC(N)=N[C@]1(C)c1cc(CC(=O)c2cnc(C)cn2)ccc1F. The fourth-order valence-electron chi connectivity index (χ4n) is 2.74. The van der Waals surface area contributed by atoms with Crippen molar-refractivity contribution in [1.29, 1.82) is 0 Å². The van der Waals surface area contributed by atoms with Crippen molar-refractivity contribution in [2.45, 2.75) is 32.7 Å². The Kier molecular flexibility index (Phi) is 4.91. The summed E-state index contributed by atoms with van der Waals surface area (Å²) in [6.45, 7) is 5.52. The molecule has 0 bridgehead atoms. The number of hydrogen-bond acceptors (Lipinski definition) is 6. The summed E-state index contributed by atoms with van der Waals surface area (Å²) in [5.41, 5.74) is 7.97. The van der Waals surface area contributed by atoms with Gasteiger partial charge >= 0.3 is 0 Å². The van der Waals surface area contributed by atoms with E-state index in [1.54, 1.807) is 25.3 Å². The van der Waals surface area contributed by atoms with Crippen molar-refractivity contribution in [3.8, 4) is 0 Å². The number of Topliss-reactive ketones (excluding diaryl/α,β-unsaturated/α-hetero) is 1. The van der Waals surface area contributed by atoms with Gasteiger partial charge in [-0.1, -0.05) is 17.8 Å². The van der Waals surface area contributed by atoms with Crippen LogP contribution in [-0.4, -0.2) is 20.9 Å². The smallest absolute Gasteiger partial charge is 0.187 e. The minimum absolute atomic E-state index is 0.109. The molecule has 2 heterocycles. The Bertz CT molecular complexity index is 924. The molecule has 7 heteroatoms. The first kappa shape index (κ1) is 18.3. The second-order valence-electron chi connectivity index (χ2n) is 6.40. The van der Waals surface area contributed by atoms with E-state index in [0.717, 1.165) is 11.3 Å². The lowest BCUT2D eigenvalue weighted by Crippen LogP contribution is -2.28. The maximum Gasteiger partial charge on any atom is 0.187 e. The summed E-state index contributed by atoms with van der Waals surface area (Å²) in [5, 5.41) is 2.26. The molecule has 1 aromatic carbocycles. The van der Waals surface area contributed by atoms with E-state index in [4.69, 9.17) is 5.73 Å². The predicted octanol–water partition coefficient (Wildman–Crippen LogP) is 3.53. The fourth-order valence-corrected chi connectivity index (χ4v) is 3.50. The van der Waals surface area contributed by atoms with Crippen LogP contribution in [-0.2, 0) is 12.0 Å². The van der Waals surface area contributed by atoms with Crippen LogP contribution in [0.4, 0.5) is 4.39 Å². The first-order chi connectivity index (χ1) is 12.3. The minimum atomic E-state index is -0.887. The number of nitrogens with two attached hydrogens (primary N) is 1. The number of rotatable bonds is 4. The largest absolute Gasteiger partial charge is 0.378 e. The number of carbonyl (C=O) groups is 1. The number of benzene rings is 1. The third-order valence-electron chi connectivity index (χ3n) is 4.44. The van der Waals surface area contributed by atoms with Gasteiger partial charge in [0, 0.05) is 18.2 Å². The molecule has 26 heavy (non-hydrogen) atoms. The number of carbonyl (C=O) groups excluding carboxylic acids is 1. The zero-order valence-electron chi connectivity index (χ0n) is 14.8. The fraction of sp³-hybridized carbons (Fsp3) is 0.263. The van der Waals surface area contributed by atoms with Gasteiger partial charge in [-0.2, -0.15) is 0 Å². The first-order valence-corrected chi connectivity index (χ1v) is 8.97. The number of aromatic nitrogens is 2. The molecule has 5 nitrogen and oxygen atoms in total. The highest BCUT2D eigenvalue weighted by atomic mass is 32.2. The summed E-state index contributed by atoms with van der Waals surface area (Å²) < 4.78 is 14.6. The Labute approximate surface area is 155 Å². The van der Waals surface area contributed by atoms with Crippen molar-refractivity contribution < 1.29 is 9.18 Å². The third-order valence-corrected chi connectivity index (χ3v) is 5.25. The van der Waals surface area contributed by atoms with Crippen LogP contribution in [0.3, 0.4) is 0 Å². The van der Waals surface area contributed by atoms with Gasteiger partial charge in [0.2, 0.25) is 0 Å². The van der Waals surface area contributed by atoms with E-state index in [1.165, 1.54) is 24.0 Å². The normalized spacial score (nSPS) is 19.7. The Balaban J connectivity index is 1.93. The van der Waals surface area contributed by atoms with Crippen molar-refractivity contribution in [2.75, 3.05) is 0 Å². The molecule has 134 valence electrons. The quantitative estimate of drug-likeness (QED) is 0.833. The Morgan fingerprint density at radius 3 is 2.73 bits per heavy atom. The number of thioether (sulfide) groups is 1. The Morgan fingerprint density at radius 2 is 2.04 bits per heavy atom. The molecule has 2 aromatic rings. The van der Waals surface area contributed by atoms with E-state index in [-0.39, 0.29) is 18.0 Å². The van der Waals surface area contributed by atoms with Crippen molar-refractivity contribution >= 4 is 22.7 Å². The van der Waals surface area contributed by atoms with E-state index in [1.807, 2.05) is 19.3 Å². The summed E-state index contributed by atoms with van der Waals surface area (Å²) in [5.74, 6) is -0.551. The maximum absolute atomic E-state index is 14.6. The molecule has 1 aromatic heterocycles. The molecule has 0 fully saturated rings. The summed E-state index contributed by atoms with van der Waals surface area (Å²) in [7, 11) is 0. The highest BCUT2D eigenvalue weighted by molar-refractivity contribution is 8.16. The number of amidine groups is 1. The van der Waals surface area contributed by atoms with Crippen molar-refractivity contribution in [3.05, 3.63) is 69.9 Å². The summed E-state index contributed by atoms with van der Waals surface area (Å²) in [6, 6.07) is 4.65. The topological polar surface area (TPSA) is 81.2 Å². The number of aliphatic imine (C=N–C) groups is 1. The van der Waals surface area contributed by atoms with Gasteiger partial charge in [-0.15, -0.1) is 0 Å². The number of ketones is 1. The predicted molar refractivity (Wildman–Crippen MR) is 102 cm³/mol. The number of nitrogens with zero attached hydrogens (tertiary/aromatic N) is 3. The van der Waals surface area contributed by atoms with E-state index in [0.29, 0.717) is 22.0 Å². The second kappa shape index (κ2) is 6.99. The van der Waals surface area contributed by atoms with Crippen LogP contribution in [0.5, 0.6) is 0 Å². The molecule has 1 aliphatic rings. The number of hydrogen-bond donors (Lipinski definition) is 1. The van der Waals surface area contributed by atoms with Crippen molar-refractivity contribution in [3.63, 3.8) is 0 Å². The van der Waals surface area contributed by atoms with Crippen LogP contribution >= 0.6 is 11.8 Å². The molecule has 1 atom stereocenters. The number of halogens is 1. The van der Waals surface area contributed by atoms with Gasteiger partial charge in [0.25, 0.3) is 0 Å². The molecule has 0 aliphatic carbocycles. The number of aryl methyl sites for hydroxylation is 1. The first-order valence-electron chi connectivity index (χ1n) is 8.09. The molecule has 2 N–H and O–H groups in total. The molecule has 0 spiro atoms. The molecule has 1 aliphatic heterocycles. The molecular weight excluding hydrogens is 351 g/mol. The van der Waals surface area contributed by atoms with Crippen molar-refractivity contribution in [2.24, 2.45) is 10.7 Å². The molecular formula is C19H19FN4OS. The standard InChI is InChI=1S/C19H19FN4OS/c1-11-10-26-18(21)24-19(11,3)14-6-13(4-5-15(14)20)7-17(25)16-9-22-12(2)8-23-16/h4-6,8-10H,7H2,1-3H3,(H2,21,24)/t19-/m0/s1. The zero-order valence-corrected chi connectivity index (χ0v) is 15.6. The summed E-state index contributed by atoms with van der Waals surface area (Å²) >= 11 is 1.32. The van der Waals surface area contributed by atoms with Crippen LogP contribution in [0.2, 0.25) is 0 Å². The zero-order chi connectivity index (χ0) is 18.9. The van der Waals surface area contributed by atoms with Crippen LogP contribution < -0.4 is 5.73 Å². The molecule has 0 unspecified atom stereocenters. The third kappa shape index (κ3) is 3.53. The lowest BCUT2D eigenvalue weighted by Gasteiger charge is -2.30. The van der Waals surface area contributed by atoms with Gasteiger partial charge in [-0.3, -0.25) is 9.78 Å². The molecule has 0 saturated carbocycles. The van der Waals surface area contributed by atoms with E-state index < -0.39 is 5.54 Å². The van der Waals surface area contributed by atoms with Gasteiger partial charge in [-0.25, -0.2) is 14.4 Å². The minimum Gasteiger partial charge on any atom is -0.378 e. The van der Waals surface area contributed by atoms with Gasteiger partial charge in [0.1, 0.15) is 17.1 Å². The van der Waals surface area contributed by atoms with Crippen molar-refractivity contribution in [1.82, 2.24) is 9.97 Å². The maximum atomic E-state index is 14.6. The Hall–Kier alpha value is -2.54. The molecule has 0 radical (unpaired) electrons. The average molecular weight is 370 g/mol. The lowest BCUT2D eigenvalue weighted by atomic mass is 9.84. The average Bonchev–Trinajstić information content (AvgIpc) is 2.60. The molecule has 0 saturated heterocycles. The summed E-state index contributed by atoms with van der Waals surface area (Å²) in [6.07, 6.45) is 3.12. The highest BCUT2D eigenvalue weighted by Gasteiger charge is 2.34. The molecule has 3 rings (SSSR count). The monoisotopic (exact) mass is 370 g/mol. The van der Waals surface area contributed by atoms with Gasteiger partial charge in [0.15, 0.2) is 11.0 Å². The second-order valence-corrected chi connectivity index (χ2v) is 7.29. The van der Waals surface area contributed by atoms with Crippen LogP contribution in [0, 0.1) is 12.7 Å². The summed E-state index contributed by atoms with van der Waals surface area (Å²) in [4.78, 5) is 25.1. The van der Waals surface area contributed by atoms with Crippen LogP contribution in [0.15, 0.2) is 46.6 Å². The highest BCUT2D eigenvalue weighted by Crippen LogP contribution is 2.39. The van der Waals surface area contributed by atoms with Gasteiger partial charge in [-0.05, 0) is 49.4 Å². The van der Waals surface area contributed by atoms with Gasteiger partial charge < -0.3 is 5.73 Å². The van der Waals surface area contributed by atoms with Crippen LogP contribution in [0.1, 0.15) is 41.2 Å². The Morgan fingerprint density at radius 1 is 1.27 bits per heavy atom. The lowest BCUT2D eigenvalue weighted by molar-refractivity contribution is 0.0987.